The van der Waals surface area contributed by atoms with Crippen molar-refractivity contribution in [3.8, 4) is 6.07 Å². The molecule has 0 amide bonds. The molecule has 3 nitrogen and oxygen atoms in total. The molecule has 0 spiro atoms. The molecule has 2 rings (SSSR count). The topological polar surface area (TPSA) is 39.1 Å². The molecule has 1 atom stereocenters. The third-order valence-electron chi connectivity index (χ3n) is 3.37. The first-order chi connectivity index (χ1) is 8.20. The summed E-state index contributed by atoms with van der Waals surface area (Å²) in [4.78, 5) is 2.34. The van der Waals surface area contributed by atoms with Gasteiger partial charge < -0.3 is 10.2 Å². The Morgan fingerprint density at radius 1 is 1.47 bits per heavy atom. The van der Waals surface area contributed by atoms with Crippen LogP contribution in [-0.4, -0.2) is 31.1 Å². The summed E-state index contributed by atoms with van der Waals surface area (Å²) >= 11 is 0. The van der Waals surface area contributed by atoms with Gasteiger partial charge in [0.05, 0.1) is 11.3 Å². The van der Waals surface area contributed by atoms with E-state index in [1.54, 1.807) is 0 Å². The number of hydrogen-bond donors (Lipinski definition) is 1. The SMILES string of the molecule is Cc1cccc(NC2CCCN(C)C2)c1C#N. The second-order valence-corrected chi connectivity index (χ2v) is 4.86. The molecule has 0 radical (unpaired) electrons. The van der Waals surface area contributed by atoms with E-state index in [4.69, 9.17) is 0 Å². The van der Waals surface area contributed by atoms with Gasteiger partial charge in [-0.25, -0.2) is 0 Å². The Balaban J connectivity index is 2.13. The molecular formula is C14H19N3. The number of aryl methyl sites for hydroxylation is 1. The zero-order valence-corrected chi connectivity index (χ0v) is 10.5. The Hall–Kier alpha value is -1.53. The average Bonchev–Trinajstić information content (AvgIpc) is 2.29. The first-order valence-corrected chi connectivity index (χ1v) is 6.15. The van der Waals surface area contributed by atoms with E-state index in [-0.39, 0.29) is 0 Å². The van der Waals surface area contributed by atoms with Crippen molar-refractivity contribution in [2.24, 2.45) is 0 Å². The standard InChI is InChI=1S/C14H19N3/c1-11-5-3-7-14(13(11)9-15)16-12-6-4-8-17(2)10-12/h3,5,7,12,16H,4,6,8,10H2,1-2H3. The number of benzene rings is 1. The number of nitrogens with zero attached hydrogens (tertiary/aromatic N) is 2. The van der Waals surface area contributed by atoms with Crippen molar-refractivity contribution in [3.05, 3.63) is 29.3 Å². The van der Waals surface area contributed by atoms with Gasteiger partial charge >= 0.3 is 0 Å². The summed E-state index contributed by atoms with van der Waals surface area (Å²) in [6, 6.07) is 8.74. The Morgan fingerprint density at radius 3 is 3.00 bits per heavy atom. The van der Waals surface area contributed by atoms with Crippen LogP contribution in [0.25, 0.3) is 0 Å². The van der Waals surface area contributed by atoms with Gasteiger partial charge in [-0.1, -0.05) is 12.1 Å². The lowest BCUT2D eigenvalue weighted by molar-refractivity contribution is 0.261. The summed E-state index contributed by atoms with van der Waals surface area (Å²) in [6.07, 6.45) is 2.41. The zero-order chi connectivity index (χ0) is 12.3. The van der Waals surface area contributed by atoms with Gasteiger partial charge in [0.1, 0.15) is 6.07 Å². The molecule has 1 aliphatic rings. The summed E-state index contributed by atoms with van der Waals surface area (Å²) in [5, 5.41) is 12.7. The summed E-state index contributed by atoms with van der Waals surface area (Å²) in [7, 11) is 2.15. The zero-order valence-electron chi connectivity index (χ0n) is 10.5. The monoisotopic (exact) mass is 229 g/mol. The molecule has 0 aromatic heterocycles. The highest BCUT2D eigenvalue weighted by molar-refractivity contribution is 5.61. The number of likely N-dealkylation sites (N-methyl/N-ethyl adjacent to an activating group) is 1. The molecule has 90 valence electrons. The minimum atomic E-state index is 0.461. The second kappa shape index (κ2) is 5.20. The molecule has 1 saturated heterocycles. The molecule has 0 bridgehead atoms. The van der Waals surface area contributed by atoms with Crippen LogP contribution in [0.1, 0.15) is 24.0 Å². The maximum absolute atomic E-state index is 9.18. The van der Waals surface area contributed by atoms with E-state index in [1.165, 1.54) is 19.4 Å². The molecule has 0 aliphatic carbocycles. The fourth-order valence-corrected chi connectivity index (χ4v) is 2.44. The molecule has 1 aromatic carbocycles. The number of hydrogen-bond acceptors (Lipinski definition) is 3. The Labute approximate surface area is 103 Å². The molecule has 1 aliphatic heterocycles. The first kappa shape index (κ1) is 11.9. The van der Waals surface area contributed by atoms with E-state index in [9.17, 15) is 5.26 Å². The lowest BCUT2D eigenvalue weighted by Gasteiger charge is -2.31. The number of likely N-dealkylation sites (tertiary alicyclic amines) is 1. The third kappa shape index (κ3) is 2.78. The van der Waals surface area contributed by atoms with Crippen LogP contribution in [0.15, 0.2) is 18.2 Å². The van der Waals surface area contributed by atoms with Crippen LogP contribution in [0.3, 0.4) is 0 Å². The Kier molecular flexibility index (Phi) is 3.65. The molecule has 1 aromatic rings. The van der Waals surface area contributed by atoms with Crippen LogP contribution < -0.4 is 5.32 Å². The van der Waals surface area contributed by atoms with Crippen molar-refractivity contribution in [1.29, 1.82) is 5.26 Å². The lowest BCUT2D eigenvalue weighted by Crippen LogP contribution is -2.39. The Morgan fingerprint density at radius 2 is 2.29 bits per heavy atom. The highest BCUT2D eigenvalue weighted by Crippen LogP contribution is 2.21. The number of rotatable bonds is 2. The summed E-state index contributed by atoms with van der Waals surface area (Å²) < 4.78 is 0. The van der Waals surface area contributed by atoms with Crippen molar-refractivity contribution >= 4 is 5.69 Å². The normalized spacial score (nSPS) is 20.9. The van der Waals surface area contributed by atoms with Crippen LogP contribution in [0.4, 0.5) is 5.69 Å². The molecule has 0 saturated carbocycles. The fraction of sp³-hybridized carbons (Fsp3) is 0.500. The van der Waals surface area contributed by atoms with Crippen molar-refractivity contribution in [3.63, 3.8) is 0 Å². The van der Waals surface area contributed by atoms with Gasteiger partial charge in [-0.3, -0.25) is 0 Å². The molecule has 1 fully saturated rings. The second-order valence-electron chi connectivity index (χ2n) is 4.86. The van der Waals surface area contributed by atoms with Crippen LogP contribution in [-0.2, 0) is 0 Å². The molecular weight excluding hydrogens is 210 g/mol. The maximum atomic E-state index is 9.18. The predicted molar refractivity (Wildman–Crippen MR) is 70.0 cm³/mol. The smallest absolute Gasteiger partial charge is 0.102 e. The van der Waals surface area contributed by atoms with E-state index in [2.05, 4.69) is 23.3 Å². The van der Waals surface area contributed by atoms with E-state index < -0.39 is 0 Å². The van der Waals surface area contributed by atoms with E-state index in [0.29, 0.717) is 6.04 Å². The van der Waals surface area contributed by atoms with Crippen LogP contribution in [0, 0.1) is 18.3 Å². The van der Waals surface area contributed by atoms with Gasteiger partial charge in [0, 0.05) is 12.6 Å². The van der Waals surface area contributed by atoms with Crippen molar-refractivity contribution in [2.75, 3.05) is 25.5 Å². The van der Waals surface area contributed by atoms with Crippen LogP contribution in [0.2, 0.25) is 0 Å². The van der Waals surface area contributed by atoms with Gasteiger partial charge in [0.2, 0.25) is 0 Å². The third-order valence-corrected chi connectivity index (χ3v) is 3.37. The number of piperidine rings is 1. The van der Waals surface area contributed by atoms with Gasteiger partial charge in [-0.05, 0) is 45.0 Å². The maximum Gasteiger partial charge on any atom is 0.102 e. The van der Waals surface area contributed by atoms with Crippen molar-refractivity contribution in [1.82, 2.24) is 4.90 Å². The van der Waals surface area contributed by atoms with E-state index >= 15 is 0 Å². The minimum Gasteiger partial charge on any atom is -0.380 e. The van der Waals surface area contributed by atoms with Gasteiger partial charge in [-0.15, -0.1) is 0 Å². The Bertz CT molecular complexity index is 434. The van der Waals surface area contributed by atoms with Gasteiger partial charge in [0.15, 0.2) is 0 Å². The largest absolute Gasteiger partial charge is 0.380 e. The van der Waals surface area contributed by atoms with Crippen molar-refractivity contribution in [2.45, 2.75) is 25.8 Å². The molecule has 17 heavy (non-hydrogen) atoms. The minimum absolute atomic E-state index is 0.461. The lowest BCUT2D eigenvalue weighted by atomic mass is 10.0. The summed E-state index contributed by atoms with van der Waals surface area (Å²) in [6.45, 7) is 4.21. The molecule has 3 heteroatoms. The number of nitriles is 1. The van der Waals surface area contributed by atoms with Crippen molar-refractivity contribution < 1.29 is 0 Å². The number of nitrogens with one attached hydrogen (secondary N) is 1. The first-order valence-electron chi connectivity index (χ1n) is 6.15. The molecule has 1 N–H and O–H groups in total. The summed E-state index contributed by atoms with van der Waals surface area (Å²) in [5.41, 5.74) is 2.80. The highest BCUT2D eigenvalue weighted by Gasteiger charge is 2.18. The van der Waals surface area contributed by atoms with E-state index in [0.717, 1.165) is 23.4 Å². The quantitative estimate of drug-likeness (QED) is 0.846. The molecule has 1 heterocycles. The number of anilines is 1. The van der Waals surface area contributed by atoms with Gasteiger partial charge in [-0.2, -0.15) is 5.26 Å². The van der Waals surface area contributed by atoms with Gasteiger partial charge in [0.25, 0.3) is 0 Å². The fourth-order valence-electron chi connectivity index (χ4n) is 2.44. The predicted octanol–water partition coefficient (Wildman–Crippen LogP) is 2.37. The highest BCUT2D eigenvalue weighted by atomic mass is 15.1. The van der Waals surface area contributed by atoms with Crippen LogP contribution >= 0.6 is 0 Å². The average molecular weight is 229 g/mol. The summed E-state index contributed by atoms with van der Waals surface area (Å²) in [5.74, 6) is 0. The van der Waals surface area contributed by atoms with Crippen LogP contribution in [0.5, 0.6) is 0 Å². The van der Waals surface area contributed by atoms with E-state index in [1.807, 2.05) is 25.1 Å². The molecule has 1 unspecified atom stereocenters.